The van der Waals surface area contributed by atoms with Crippen LogP contribution in [0.15, 0.2) is 63.5 Å². The van der Waals surface area contributed by atoms with E-state index < -0.39 is 11.9 Å². The van der Waals surface area contributed by atoms with E-state index >= 15 is 0 Å². The summed E-state index contributed by atoms with van der Waals surface area (Å²) in [4.78, 5) is 25.3. The van der Waals surface area contributed by atoms with Crippen molar-refractivity contribution in [2.24, 2.45) is 0 Å². The van der Waals surface area contributed by atoms with Crippen molar-refractivity contribution >= 4 is 38.7 Å². The van der Waals surface area contributed by atoms with E-state index in [4.69, 9.17) is 4.42 Å². The van der Waals surface area contributed by atoms with Gasteiger partial charge in [-0.05, 0) is 42.7 Å². The zero-order chi connectivity index (χ0) is 18.8. The highest BCUT2D eigenvalue weighted by Gasteiger charge is 2.29. The van der Waals surface area contributed by atoms with Crippen molar-refractivity contribution in [3.63, 3.8) is 0 Å². The molecule has 0 radical (unpaired) electrons. The third-order valence-corrected chi connectivity index (χ3v) is 5.02. The van der Waals surface area contributed by atoms with Gasteiger partial charge in [0, 0.05) is 22.3 Å². The smallest absolute Gasteiger partial charge is 0.287 e. The van der Waals surface area contributed by atoms with Crippen molar-refractivity contribution in [2.75, 3.05) is 0 Å². The molecule has 2 aromatic carbocycles. The number of carbonyl (C=O) groups excluding carboxylic acids is 2. The zero-order valence-electron chi connectivity index (χ0n) is 14.6. The first-order valence-electron chi connectivity index (χ1n) is 8.93. The van der Waals surface area contributed by atoms with Crippen LogP contribution < -0.4 is 10.6 Å². The number of nitrogens with one attached hydrogen (secondary N) is 2. The van der Waals surface area contributed by atoms with E-state index in [1.54, 1.807) is 12.1 Å². The van der Waals surface area contributed by atoms with E-state index in [-0.39, 0.29) is 17.7 Å². The van der Waals surface area contributed by atoms with E-state index in [1.807, 2.05) is 42.5 Å². The van der Waals surface area contributed by atoms with Crippen molar-refractivity contribution in [2.45, 2.75) is 31.3 Å². The predicted octanol–water partition coefficient (Wildman–Crippen LogP) is 3.82. The van der Waals surface area contributed by atoms with Gasteiger partial charge in [0.15, 0.2) is 5.76 Å². The van der Waals surface area contributed by atoms with Gasteiger partial charge in [-0.3, -0.25) is 9.59 Å². The lowest BCUT2D eigenvalue weighted by atomic mass is 10.0. The topological polar surface area (TPSA) is 71.3 Å². The van der Waals surface area contributed by atoms with Gasteiger partial charge in [0.25, 0.3) is 5.91 Å². The minimum Gasteiger partial charge on any atom is -0.451 e. The van der Waals surface area contributed by atoms with Gasteiger partial charge in [-0.2, -0.15) is 0 Å². The number of hydrogen-bond donors (Lipinski definition) is 2. The Hall–Kier alpha value is -2.60. The number of furan rings is 1. The molecule has 0 saturated heterocycles. The van der Waals surface area contributed by atoms with E-state index in [0.717, 1.165) is 28.3 Å². The quantitative estimate of drug-likeness (QED) is 0.629. The highest BCUT2D eigenvalue weighted by Crippen LogP contribution is 2.23. The van der Waals surface area contributed by atoms with Crippen LogP contribution in [0.1, 0.15) is 29.0 Å². The Morgan fingerprint density at radius 3 is 2.63 bits per heavy atom. The Labute approximate surface area is 165 Å². The van der Waals surface area contributed by atoms with Gasteiger partial charge in [0.2, 0.25) is 5.91 Å². The fraction of sp³-hybridized carbons (Fsp3) is 0.238. The van der Waals surface area contributed by atoms with Crippen LogP contribution in [0.2, 0.25) is 0 Å². The third-order valence-electron chi connectivity index (χ3n) is 4.53. The second kappa shape index (κ2) is 7.56. The molecule has 2 amide bonds. The summed E-state index contributed by atoms with van der Waals surface area (Å²) in [5.41, 5.74) is 1.62. The van der Waals surface area contributed by atoms with Crippen LogP contribution in [0.25, 0.3) is 11.0 Å². The molecule has 3 aromatic rings. The number of amides is 2. The van der Waals surface area contributed by atoms with Crippen molar-refractivity contribution in [1.82, 2.24) is 10.6 Å². The number of benzene rings is 2. The van der Waals surface area contributed by atoms with Crippen molar-refractivity contribution in [3.05, 3.63) is 70.4 Å². The number of rotatable bonds is 6. The molecule has 4 rings (SSSR count). The summed E-state index contributed by atoms with van der Waals surface area (Å²) in [6.07, 6.45) is 2.42. The Bertz CT molecular complexity index is 980. The fourth-order valence-corrected chi connectivity index (χ4v) is 3.32. The van der Waals surface area contributed by atoms with Crippen LogP contribution in [0, 0.1) is 0 Å². The molecule has 1 atom stereocenters. The Morgan fingerprint density at radius 1 is 1.11 bits per heavy atom. The van der Waals surface area contributed by atoms with Gasteiger partial charge in [-0.15, -0.1) is 0 Å². The monoisotopic (exact) mass is 426 g/mol. The van der Waals surface area contributed by atoms with Crippen molar-refractivity contribution in [1.29, 1.82) is 0 Å². The van der Waals surface area contributed by atoms with Gasteiger partial charge in [-0.1, -0.05) is 46.3 Å². The molecule has 6 heteroatoms. The summed E-state index contributed by atoms with van der Waals surface area (Å²) >= 11 is 3.41. The van der Waals surface area contributed by atoms with E-state index in [9.17, 15) is 9.59 Å². The van der Waals surface area contributed by atoms with Crippen LogP contribution in [0.3, 0.4) is 0 Å². The SMILES string of the molecule is O=C(NC(Cc1ccccc1)C(=O)NC1CC1)c1cc2cc(Br)ccc2o1. The molecule has 1 unspecified atom stereocenters. The largest absolute Gasteiger partial charge is 0.451 e. The summed E-state index contributed by atoms with van der Waals surface area (Å²) in [5, 5.41) is 6.64. The van der Waals surface area contributed by atoms with E-state index in [2.05, 4.69) is 26.6 Å². The number of fused-ring (bicyclic) bond motifs is 1. The van der Waals surface area contributed by atoms with Crippen LogP contribution in [-0.4, -0.2) is 23.9 Å². The molecule has 27 heavy (non-hydrogen) atoms. The molecule has 0 bridgehead atoms. The number of halogens is 1. The summed E-state index contributed by atoms with van der Waals surface area (Å²) in [5.74, 6) is -0.358. The maximum absolute atomic E-state index is 12.7. The van der Waals surface area contributed by atoms with Crippen LogP contribution in [-0.2, 0) is 11.2 Å². The first kappa shape index (κ1) is 17.8. The minimum atomic E-state index is -0.652. The fourth-order valence-electron chi connectivity index (χ4n) is 2.94. The lowest BCUT2D eigenvalue weighted by Gasteiger charge is -2.18. The molecule has 1 aliphatic rings. The molecule has 1 aliphatic carbocycles. The minimum absolute atomic E-state index is 0.159. The normalized spacial score (nSPS) is 14.7. The predicted molar refractivity (Wildman–Crippen MR) is 106 cm³/mol. The third kappa shape index (κ3) is 4.39. The first-order chi connectivity index (χ1) is 13.1. The van der Waals surface area contributed by atoms with Crippen molar-refractivity contribution < 1.29 is 14.0 Å². The maximum atomic E-state index is 12.7. The van der Waals surface area contributed by atoms with Crippen molar-refractivity contribution in [3.8, 4) is 0 Å². The lowest BCUT2D eigenvalue weighted by Crippen LogP contribution is -2.48. The zero-order valence-corrected chi connectivity index (χ0v) is 16.2. The van der Waals surface area contributed by atoms with E-state index in [0.29, 0.717) is 12.0 Å². The van der Waals surface area contributed by atoms with Crippen LogP contribution in [0.5, 0.6) is 0 Å². The summed E-state index contributed by atoms with van der Waals surface area (Å²) in [7, 11) is 0. The lowest BCUT2D eigenvalue weighted by molar-refractivity contribution is -0.123. The molecular weight excluding hydrogens is 408 g/mol. The molecule has 1 fully saturated rings. The summed E-state index contributed by atoms with van der Waals surface area (Å²) in [6.45, 7) is 0. The molecular formula is C21H19BrN2O3. The number of carbonyl (C=O) groups is 2. The van der Waals surface area contributed by atoms with Crippen LogP contribution >= 0.6 is 15.9 Å². The van der Waals surface area contributed by atoms with Gasteiger partial charge in [0.05, 0.1) is 0 Å². The molecule has 1 heterocycles. The Kier molecular flexibility index (Phi) is 4.99. The van der Waals surface area contributed by atoms with Gasteiger partial charge in [-0.25, -0.2) is 0 Å². The molecule has 5 nitrogen and oxygen atoms in total. The molecule has 2 N–H and O–H groups in total. The number of hydrogen-bond acceptors (Lipinski definition) is 3. The first-order valence-corrected chi connectivity index (χ1v) is 9.72. The molecule has 1 aromatic heterocycles. The maximum Gasteiger partial charge on any atom is 0.287 e. The van der Waals surface area contributed by atoms with Gasteiger partial charge >= 0.3 is 0 Å². The molecule has 0 spiro atoms. The second-order valence-electron chi connectivity index (χ2n) is 6.79. The Morgan fingerprint density at radius 2 is 1.89 bits per heavy atom. The van der Waals surface area contributed by atoms with E-state index in [1.165, 1.54) is 0 Å². The summed E-state index contributed by atoms with van der Waals surface area (Å²) in [6, 6.07) is 16.5. The highest BCUT2D eigenvalue weighted by atomic mass is 79.9. The summed E-state index contributed by atoms with van der Waals surface area (Å²) < 4.78 is 6.56. The molecule has 0 aliphatic heterocycles. The highest BCUT2D eigenvalue weighted by molar-refractivity contribution is 9.10. The van der Waals surface area contributed by atoms with Gasteiger partial charge in [0.1, 0.15) is 11.6 Å². The molecule has 1 saturated carbocycles. The second-order valence-corrected chi connectivity index (χ2v) is 7.71. The Balaban J connectivity index is 1.53. The van der Waals surface area contributed by atoms with Gasteiger partial charge < -0.3 is 15.1 Å². The molecule has 138 valence electrons. The average molecular weight is 427 g/mol. The average Bonchev–Trinajstić information content (AvgIpc) is 3.37. The van der Waals surface area contributed by atoms with Crippen LogP contribution in [0.4, 0.5) is 0 Å². The standard InChI is InChI=1S/C21H19BrN2O3/c22-15-6-9-18-14(11-15)12-19(27-18)21(26)24-17(20(25)23-16-7-8-16)10-13-4-2-1-3-5-13/h1-6,9,11-12,16-17H,7-8,10H2,(H,23,25)(H,24,26).